The van der Waals surface area contributed by atoms with Crippen LogP contribution in [0.3, 0.4) is 0 Å². The van der Waals surface area contributed by atoms with Crippen LogP contribution in [0.4, 0.5) is 10.2 Å². The maximum absolute atomic E-state index is 13.4. The zero-order valence-corrected chi connectivity index (χ0v) is 18.2. The van der Waals surface area contributed by atoms with Crippen LogP contribution in [0, 0.1) is 5.82 Å². The van der Waals surface area contributed by atoms with Crippen LogP contribution in [0.2, 0.25) is 5.02 Å². The predicted octanol–water partition coefficient (Wildman–Crippen LogP) is 4.81. The summed E-state index contributed by atoms with van der Waals surface area (Å²) in [6.07, 6.45) is 4.86. The van der Waals surface area contributed by atoms with E-state index in [0.717, 1.165) is 5.56 Å². The van der Waals surface area contributed by atoms with Crippen LogP contribution in [0.15, 0.2) is 67.0 Å². The lowest BCUT2D eigenvalue weighted by atomic mass is 10.1. The summed E-state index contributed by atoms with van der Waals surface area (Å²) < 4.78 is 19.1. The molecule has 1 amide bonds. The molecule has 6 nitrogen and oxygen atoms in total. The van der Waals surface area contributed by atoms with Crippen molar-refractivity contribution >= 4 is 29.4 Å². The molecule has 1 aliphatic rings. The third-order valence-electron chi connectivity index (χ3n) is 5.19. The first kappa shape index (κ1) is 21.8. The number of amides is 1. The van der Waals surface area contributed by atoms with Crippen LogP contribution in [0.25, 0.3) is 6.08 Å². The number of hydrogen-bond donors (Lipinski definition) is 0. The lowest BCUT2D eigenvalue weighted by Crippen LogP contribution is -2.54. The lowest BCUT2D eigenvalue weighted by Gasteiger charge is -2.40. The van der Waals surface area contributed by atoms with Crippen molar-refractivity contribution < 1.29 is 13.9 Å². The van der Waals surface area contributed by atoms with Crippen molar-refractivity contribution in [2.45, 2.75) is 13.0 Å². The summed E-state index contributed by atoms with van der Waals surface area (Å²) in [5, 5.41) is -0.0206. The van der Waals surface area contributed by atoms with Gasteiger partial charge in [0.05, 0.1) is 5.02 Å². The fraction of sp³-hybridized carbons (Fsp3) is 0.208. The van der Waals surface area contributed by atoms with E-state index < -0.39 is 5.82 Å². The SMILES string of the molecule is CC1CN(c2cc(Oc3ccc(F)c(Cl)c3)ncn2)CCN1C(=O)/C=C/c1ccccc1. The molecule has 2 aromatic carbocycles. The molecule has 0 bridgehead atoms. The Labute approximate surface area is 190 Å². The van der Waals surface area contributed by atoms with Crippen molar-refractivity contribution in [2.24, 2.45) is 0 Å². The summed E-state index contributed by atoms with van der Waals surface area (Å²) in [5.41, 5.74) is 0.989. The first-order valence-corrected chi connectivity index (χ1v) is 10.6. The average Bonchev–Trinajstić information content (AvgIpc) is 2.81. The number of carbonyl (C=O) groups is 1. The van der Waals surface area contributed by atoms with E-state index in [0.29, 0.717) is 37.1 Å². The summed E-state index contributed by atoms with van der Waals surface area (Å²) in [6.45, 7) is 3.85. The van der Waals surface area contributed by atoms with Crippen LogP contribution in [0.5, 0.6) is 11.6 Å². The van der Waals surface area contributed by atoms with Crippen LogP contribution in [0.1, 0.15) is 12.5 Å². The maximum Gasteiger partial charge on any atom is 0.246 e. The van der Waals surface area contributed by atoms with Gasteiger partial charge in [-0.25, -0.2) is 14.4 Å². The van der Waals surface area contributed by atoms with Gasteiger partial charge in [0.1, 0.15) is 23.7 Å². The zero-order chi connectivity index (χ0) is 22.5. The topological polar surface area (TPSA) is 58.6 Å². The molecular formula is C24H22ClFN4O2. The molecular weight excluding hydrogens is 431 g/mol. The fourth-order valence-corrected chi connectivity index (χ4v) is 3.71. The molecule has 1 fully saturated rings. The molecule has 0 spiro atoms. The summed E-state index contributed by atoms with van der Waals surface area (Å²) in [5.74, 6) is 0.884. The van der Waals surface area contributed by atoms with Gasteiger partial charge in [-0.15, -0.1) is 0 Å². The summed E-state index contributed by atoms with van der Waals surface area (Å²) in [6, 6.07) is 15.6. The molecule has 4 rings (SSSR count). The van der Waals surface area contributed by atoms with Gasteiger partial charge in [0.2, 0.25) is 11.8 Å². The Morgan fingerprint density at radius 3 is 2.72 bits per heavy atom. The van der Waals surface area contributed by atoms with Crippen molar-refractivity contribution in [1.82, 2.24) is 14.9 Å². The highest BCUT2D eigenvalue weighted by molar-refractivity contribution is 6.30. The Balaban J connectivity index is 1.39. The van der Waals surface area contributed by atoms with E-state index in [1.54, 1.807) is 12.1 Å². The third kappa shape index (κ3) is 5.23. The highest BCUT2D eigenvalue weighted by Crippen LogP contribution is 2.27. The van der Waals surface area contributed by atoms with Crippen molar-refractivity contribution in [1.29, 1.82) is 0 Å². The Morgan fingerprint density at radius 2 is 1.97 bits per heavy atom. The Kier molecular flexibility index (Phi) is 6.66. The number of piperazine rings is 1. The van der Waals surface area contributed by atoms with E-state index in [1.165, 1.54) is 24.5 Å². The van der Waals surface area contributed by atoms with Crippen LogP contribution in [-0.2, 0) is 4.79 Å². The van der Waals surface area contributed by atoms with Gasteiger partial charge in [-0.1, -0.05) is 41.9 Å². The number of carbonyl (C=O) groups excluding carboxylic acids is 1. The minimum atomic E-state index is -0.512. The molecule has 1 aromatic heterocycles. The van der Waals surface area contributed by atoms with Gasteiger partial charge >= 0.3 is 0 Å². The number of halogens is 2. The number of benzene rings is 2. The summed E-state index contributed by atoms with van der Waals surface area (Å²) in [4.78, 5) is 25.1. The van der Waals surface area contributed by atoms with Gasteiger partial charge in [-0.3, -0.25) is 4.79 Å². The van der Waals surface area contributed by atoms with E-state index in [9.17, 15) is 9.18 Å². The van der Waals surface area contributed by atoms with Crippen molar-refractivity contribution in [3.63, 3.8) is 0 Å². The predicted molar refractivity (Wildman–Crippen MR) is 122 cm³/mol. The Hall–Kier alpha value is -3.45. The number of rotatable bonds is 5. The van der Waals surface area contributed by atoms with E-state index in [-0.39, 0.29) is 17.0 Å². The fourth-order valence-electron chi connectivity index (χ4n) is 3.54. The first-order valence-electron chi connectivity index (χ1n) is 10.2. The second-order valence-corrected chi connectivity index (χ2v) is 7.87. The molecule has 2 heterocycles. The number of aromatic nitrogens is 2. The normalized spacial score (nSPS) is 16.4. The van der Waals surface area contributed by atoms with E-state index in [2.05, 4.69) is 14.9 Å². The molecule has 3 aromatic rings. The zero-order valence-electron chi connectivity index (χ0n) is 17.5. The number of anilines is 1. The maximum atomic E-state index is 13.4. The van der Waals surface area contributed by atoms with Crippen molar-refractivity contribution in [3.8, 4) is 11.6 Å². The summed E-state index contributed by atoms with van der Waals surface area (Å²) >= 11 is 5.81. The molecule has 1 aliphatic heterocycles. The van der Waals surface area contributed by atoms with Crippen LogP contribution >= 0.6 is 11.6 Å². The highest BCUT2D eigenvalue weighted by Gasteiger charge is 2.27. The van der Waals surface area contributed by atoms with E-state index >= 15 is 0 Å². The van der Waals surface area contributed by atoms with Crippen molar-refractivity contribution in [2.75, 3.05) is 24.5 Å². The second kappa shape index (κ2) is 9.78. The van der Waals surface area contributed by atoms with Gasteiger partial charge in [0.25, 0.3) is 0 Å². The number of nitrogens with zero attached hydrogens (tertiary/aromatic N) is 4. The number of ether oxygens (including phenoxy) is 1. The standard InChI is InChI=1S/C24H22ClFN4O2/c1-17-15-29(11-12-30(17)24(31)10-7-18-5-3-2-4-6-18)22-14-23(28-16-27-22)32-19-8-9-21(26)20(25)13-19/h2-10,13-14,16-17H,11-12,15H2,1H3/b10-7+. The average molecular weight is 453 g/mol. The van der Waals surface area contributed by atoms with E-state index in [1.807, 2.05) is 48.2 Å². The van der Waals surface area contributed by atoms with Gasteiger partial charge < -0.3 is 14.5 Å². The van der Waals surface area contributed by atoms with Gasteiger partial charge in [0.15, 0.2) is 0 Å². The van der Waals surface area contributed by atoms with Gasteiger partial charge in [0, 0.05) is 43.9 Å². The smallest absolute Gasteiger partial charge is 0.246 e. The molecule has 1 saturated heterocycles. The monoisotopic (exact) mass is 452 g/mol. The summed E-state index contributed by atoms with van der Waals surface area (Å²) in [7, 11) is 0. The highest BCUT2D eigenvalue weighted by atomic mass is 35.5. The molecule has 8 heteroatoms. The third-order valence-corrected chi connectivity index (χ3v) is 5.48. The van der Waals surface area contributed by atoms with Crippen LogP contribution in [-0.4, -0.2) is 46.5 Å². The van der Waals surface area contributed by atoms with Gasteiger partial charge in [-0.2, -0.15) is 0 Å². The number of hydrogen-bond acceptors (Lipinski definition) is 5. The largest absolute Gasteiger partial charge is 0.439 e. The molecule has 1 atom stereocenters. The molecule has 0 radical (unpaired) electrons. The molecule has 0 aliphatic carbocycles. The Bertz CT molecular complexity index is 1130. The quantitative estimate of drug-likeness (QED) is 0.520. The minimum absolute atomic E-state index is 0.00640. The molecule has 1 unspecified atom stereocenters. The first-order chi connectivity index (χ1) is 15.5. The molecule has 32 heavy (non-hydrogen) atoms. The van der Waals surface area contributed by atoms with Crippen molar-refractivity contribution in [3.05, 3.63) is 83.4 Å². The van der Waals surface area contributed by atoms with Gasteiger partial charge in [-0.05, 0) is 30.7 Å². The second-order valence-electron chi connectivity index (χ2n) is 7.46. The molecule has 164 valence electrons. The minimum Gasteiger partial charge on any atom is -0.439 e. The van der Waals surface area contributed by atoms with E-state index in [4.69, 9.17) is 16.3 Å². The lowest BCUT2D eigenvalue weighted by molar-refractivity contribution is -0.128. The molecule has 0 N–H and O–H groups in total. The molecule has 0 saturated carbocycles. The Morgan fingerprint density at radius 1 is 1.16 bits per heavy atom. The van der Waals surface area contributed by atoms with Crippen LogP contribution < -0.4 is 9.64 Å².